The van der Waals surface area contributed by atoms with Crippen molar-refractivity contribution in [3.05, 3.63) is 43.0 Å². The van der Waals surface area contributed by atoms with Crippen molar-refractivity contribution >= 4 is 0 Å². The molecular formula is C8H7N2. The Hall–Kier alpha value is -1.44. The summed E-state index contributed by atoms with van der Waals surface area (Å²) in [5, 5.41) is 0. The second-order valence-corrected chi connectivity index (χ2v) is 2.08. The summed E-state index contributed by atoms with van der Waals surface area (Å²) in [7, 11) is 0. The minimum atomic E-state index is 1.05. The first-order valence-electron chi connectivity index (χ1n) is 3.15. The molecule has 0 aliphatic rings. The summed E-state index contributed by atoms with van der Waals surface area (Å²) in [6, 6.07) is 5.95. The Morgan fingerprint density at radius 2 is 2.10 bits per heavy atom. The number of rotatable bonds is 1. The van der Waals surface area contributed by atoms with E-state index in [4.69, 9.17) is 0 Å². The number of hydrogen-bond donors (Lipinski definition) is 1. The zero-order valence-corrected chi connectivity index (χ0v) is 5.41. The minimum Gasteiger partial charge on any atom is -0.358 e. The van der Waals surface area contributed by atoms with Crippen LogP contribution in [0.2, 0.25) is 0 Å². The van der Waals surface area contributed by atoms with Gasteiger partial charge in [-0.2, -0.15) is 0 Å². The predicted molar refractivity (Wildman–Crippen MR) is 39.0 cm³/mol. The normalized spacial score (nSPS) is 10.0. The molecule has 49 valence electrons. The molecule has 0 spiro atoms. The monoisotopic (exact) mass is 131 g/mol. The summed E-state index contributed by atoms with van der Waals surface area (Å²) in [6.07, 6.45) is 8.81. The maximum Gasteiger partial charge on any atom is 0.0885 e. The Balaban J connectivity index is 2.48. The molecule has 2 aromatic heterocycles. The van der Waals surface area contributed by atoms with Crippen LogP contribution >= 0.6 is 0 Å². The van der Waals surface area contributed by atoms with E-state index in [0.717, 1.165) is 5.69 Å². The Kier molecular flexibility index (Phi) is 1.10. The lowest BCUT2D eigenvalue weighted by atomic mass is 10.5. The van der Waals surface area contributed by atoms with Crippen LogP contribution in [-0.4, -0.2) is 9.55 Å². The van der Waals surface area contributed by atoms with Crippen LogP contribution in [0.4, 0.5) is 0 Å². The molecule has 0 saturated heterocycles. The molecule has 10 heavy (non-hydrogen) atoms. The molecule has 2 heteroatoms. The first-order valence-corrected chi connectivity index (χ1v) is 3.15. The fourth-order valence-corrected chi connectivity index (χ4v) is 0.924. The van der Waals surface area contributed by atoms with Gasteiger partial charge in [-0.3, -0.25) is 0 Å². The molecule has 0 fully saturated rings. The van der Waals surface area contributed by atoms with Crippen molar-refractivity contribution in [3.63, 3.8) is 0 Å². The van der Waals surface area contributed by atoms with Crippen molar-refractivity contribution in [2.45, 2.75) is 0 Å². The smallest absolute Gasteiger partial charge is 0.0885 e. The largest absolute Gasteiger partial charge is 0.358 e. The lowest BCUT2D eigenvalue weighted by Gasteiger charge is -1.93. The number of H-pyrrole nitrogens is 1. The van der Waals surface area contributed by atoms with Gasteiger partial charge >= 0.3 is 0 Å². The summed E-state index contributed by atoms with van der Waals surface area (Å²) in [5.41, 5.74) is 1.05. The molecule has 2 nitrogen and oxygen atoms in total. The number of aromatic nitrogens is 2. The van der Waals surface area contributed by atoms with Crippen molar-refractivity contribution in [1.29, 1.82) is 0 Å². The molecule has 0 bridgehead atoms. The average molecular weight is 131 g/mol. The highest BCUT2D eigenvalue weighted by molar-refractivity contribution is 5.27. The maximum absolute atomic E-state index is 2.98. The molecule has 0 aliphatic carbocycles. The van der Waals surface area contributed by atoms with Gasteiger partial charge in [0.25, 0.3) is 0 Å². The molecule has 2 rings (SSSR count). The van der Waals surface area contributed by atoms with Gasteiger partial charge in [0.2, 0.25) is 0 Å². The van der Waals surface area contributed by atoms with Crippen LogP contribution in [0.25, 0.3) is 5.69 Å². The molecular weight excluding hydrogens is 124 g/mol. The van der Waals surface area contributed by atoms with Crippen molar-refractivity contribution < 1.29 is 0 Å². The van der Waals surface area contributed by atoms with Crippen LogP contribution in [0.5, 0.6) is 0 Å². The van der Waals surface area contributed by atoms with Gasteiger partial charge in [-0.15, -0.1) is 0 Å². The third-order valence-electron chi connectivity index (χ3n) is 1.41. The standard InChI is InChI=1S/C8H7N2/c1-2-6-10(5-1)8-3-4-9-7-8/h1-6,9H. The molecule has 0 saturated carbocycles. The highest BCUT2D eigenvalue weighted by atomic mass is 15.0. The molecule has 0 amide bonds. The fourth-order valence-electron chi connectivity index (χ4n) is 0.924. The quantitative estimate of drug-likeness (QED) is 0.607. The number of nitrogens with zero attached hydrogens (tertiary/aromatic N) is 1. The Morgan fingerprint density at radius 3 is 2.70 bits per heavy atom. The second kappa shape index (κ2) is 2.06. The first-order chi connectivity index (χ1) is 4.97. The SMILES string of the molecule is [c]1[nH]ccc1-n1cccc1. The molecule has 2 heterocycles. The van der Waals surface area contributed by atoms with E-state index in [1.165, 1.54) is 0 Å². The number of nitrogens with one attached hydrogen (secondary N) is 1. The van der Waals surface area contributed by atoms with E-state index in [0.29, 0.717) is 0 Å². The third-order valence-corrected chi connectivity index (χ3v) is 1.41. The second-order valence-electron chi connectivity index (χ2n) is 2.08. The Bertz CT molecular complexity index is 247. The van der Waals surface area contributed by atoms with E-state index in [1.807, 2.05) is 41.4 Å². The number of hydrogen-bond acceptors (Lipinski definition) is 0. The molecule has 0 aromatic carbocycles. The zero-order chi connectivity index (χ0) is 6.81. The highest BCUT2D eigenvalue weighted by Gasteiger charge is 1.91. The third kappa shape index (κ3) is 0.739. The molecule has 2 aromatic rings. The summed E-state index contributed by atoms with van der Waals surface area (Å²) in [5.74, 6) is 0. The van der Waals surface area contributed by atoms with E-state index in [1.54, 1.807) is 0 Å². The van der Waals surface area contributed by atoms with Crippen LogP contribution < -0.4 is 0 Å². The van der Waals surface area contributed by atoms with Crippen molar-refractivity contribution in [3.8, 4) is 5.69 Å². The van der Waals surface area contributed by atoms with Crippen molar-refractivity contribution in [2.24, 2.45) is 0 Å². The summed E-state index contributed by atoms with van der Waals surface area (Å²) in [4.78, 5) is 2.87. The summed E-state index contributed by atoms with van der Waals surface area (Å²) >= 11 is 0. The lowest BCUT2D eigenvalue weighted by Crippen LogP contribution is -1.84. The zero-order valence-electron chi connectivity index (χ0n) is 5.41. The summed E-state index contributed by atoms with van der Waals surface area (Å²) in [6.45, 7) is 0. The summed E-state index contributed by atoms with van der Waals surface area (Å²) < 4.78 is 2.00. The average Bonchev–Trinajstić information content (AvgIpc) is 2.59. The van der Waals surface area contributed by atoms with Gasteiger partial charge in [-0.25, -0.2) is 0 Å². The predicted octanol–water partition coefficient (Wildman–Crippen LogP) is 1.61. The minimum absolute atomic E-state index is 1.05. The van der Waals surface area contributed by atoms with Gasteiger partial charge in [0, 0.05) is 18.6 Å². The topological polar surface area (TPSA) is 20.7 Å². The van der Waals surface area contributed by atoms with Gasteiger partial charge in [0.15, 0.2) is 0 Å². The van der Waals surface area contributed by atoms with Crippen LogP contribution in [-0.2, 0) is 0 Å². The number of aromatic amines is 1. The van der Waals surface area contributed by atoms with Crippen LogP contribution in [0, 0.1) is 6.20 Å². The molecule has 1 N–H and O–H groups in total. The van der Waals surface area contributed by atoms with Gasteiger partial charge in [-0.1, -0.05) is 0 Å². The first kappa shape index (κ1) is 5.35. The van der Waals surface area contributed by atoms with Crippen LogP contribution in [0.3, 0.4) is 0 Å². The van der Waals surface area contributed by atoms with Crippen molar-refractivity contribution in [2.75, 3.05) is 0 Å². The van der Waals surface area contributed by atoms with Crippen LogP contribution in [0.15, 0.2) is 36.8 Å². The Morgan fingerprint density at radius 1 is 1.30 bits per heavy atom. The fraction of sp³-hybridized carbons (Fsp3) is 0. The van der Waals surface area contributed by atoms with E-state index in [-0.39, 0.29) is 0 Å². The van der Waals surface area contributed by atoms with E-state index in [2.05, 4.69) is 11.2 Å². The van der Waals surface area contributed by atoms with Gasteiger partial charge in [0.1, 0.15) is 0 Å². The highest BCUT2D eigenvalue weighted by Crippen LogP contribution is 2.03. The molecule has 0 aliphatic heterocycles. The Labute approximate surface area is 59.1 Å². The van der Waals surface area contributed by atoms with Gasteiger partial charge in [0.05, 0.1) is 11.9 Å². The van der Waals surface area contributed by atoms with Crippen molar-refractivity contribution in [1.82, 2.24) is 9.55 Å². The molecule has 0 atom stereocenters. The van der Waals surface area contributed by atoms with Crippen LogP contribution in [0.1, 0.15) is 0 Å². The van der Waals surface area contributed by atoms with Gasteiger partial charge in [-0.05, 0) is 18.2 Å². The molecule has 1 radical (unpaired) electrons. The van der Waals surface area contributed by atoms with E-state index < -0.39 is 0 Å². The van der Waals surface area contributed by atoms with E-state index >= 15 is 0 Å². The van der Waals surface area contributed by atoms with Gasteiger partial charge < -0.3 is 9.55 Å². The van der Waals surface area contributed by atoms with E-state index in [9.17, 15) is 0 Å². The maximum atomic E-state index is 2.98. The lowest BCUT2D eigenvalue weighted by molar-refractivity contribution is 1.08. The molecule has 0 unspecified atom stereocenters.